The fourth-order valence-electron chi connectivity index (χ4n) is 2.55. The third kappa shape index (κ3) is 5.04. The van der Waals surface area contributed by atoms with Crippen molar-refractivity contribution < 1.29 is 14.3 Å². The molecule has 0 radical (unpaired) electrons. The Bertz CT molecular complexity index is 924. The first-order valence-corrected chi connectivity index (χ1v) is 9.65. The molecule has 8 heteroatoms. The van der Waals surface area contributed by atoms with Gasteiger partial charge in [0.2, 0.25) is 5.91 Å². The summed E-state index contributed by atoms with van der Waals surface area (Å²) in [6.07, 6.45) is 0.659. The predicted molar refractivity (Wildman–Crippen MR) is 109 cm³/mol. The molecule has 0 aliphatic rings. The van der Waals surface area contributed by atoms with Gasteiger partial charge in [-0.05, 0) is 42.0 Å². The molecule has 2 aromatic carbocycles. The summed E-state index contributed by atoms with van der Waals surface area (Å²) in [5.41, 5.74) is 1.84. The number of carbonyl (C=O) groups excluding carboxylic acids is 1. The lowest BCUT2D eigenvalue weighted by molar-refractivity contribution is -0.113. The van der Waals surface area contributed by atoms with Gasteiger partial charge in [-0.25, -0.2) is 0 Å². The molecule has 146 valence electrons. The van der Waals surface area contributed by atoms with Crippen molar-refractivity contribution in [1.29, 1.82) is 0 Å². The van der Waals surface area contributed by atoms with E-state index in [0.29, 0.717) is 11.6 Å². The molecule has 0 aliphatic heterocycles. The van der Waals surface area contributed by atoms with Gasteiger partial charge in [-0.3, -0.25) is 4.79 Å². The molecule has 0 atom stereocenters. The highest BCUT2D eigenvalue weighted by molar-refractivity contribution is 7.99. The van der Waals surface area contributed by atoms with E-state index < -0.39 is 0 Å². The fraction of sp³-hybridized carbons (Fsp3) is 0.250. The van der Waals surface area contributed by atoms with Gasteiger partial charge in [-0.15, -0.1) is 10.2 Å². The van der Waals surface area contributed by atoms with Gasteiger partial charge in [0.05, 0.1) is 20.0 Å². The molecule has 0 fully saturated rings. The minimum Gasteiger partial charge on any atom is -0.497 e. The van der Waals surface area contributed by atoms with Crippen LogP contribution in [0.2, 0.25) is 0 Å². The van der Waals surface area contributed by atoms with Crippen LogP contribution in [0, 0.1) is 0 Å². The maximum absolute atomic E-state index is 12.2. The topological polar surface area (TPSA) is 78.3 Å². The minimum absolute atomic E-state index is 0.102. The first-order valence-electron chi connectivity index (χ1n) is 8.67. The summed E-state index contributed by atoms with van der Waals surface area (Å²) < 4.78 is 12.2. The van der Waals surface area contributed by atoms with Crippen molar-refractivity contribution in [2.75, 3.05) is 25.3 Å². The van der Waals surface area contributed by atoms with Crippen LogP contribution in [0.5, 0.6) is 11.5 Å². The van der Waals surface area contributed by atoms with Crippen LogP contribution in [-0.4, -0.2) is 40.6 Å². The van der Waals surface area contributed by atoms with E-state index in [0.717, 1.165) is 28.6 Å². The Kier molecular flexibility index (Phi) is 6.54. The van der Waals surface area contributed by atoms with Crippen molar-refractivity contribution in [3.63, 3.8) is 0 Å². The van der Waals surface area contributed by atoms with E-state index in [9.17, 15) is 4.79 Å². The minimum atomic E-state index is -0.102. The number of hydrogen-bond donors (Lipinski definition) is 1. The van der Waals surface area contributed by atoms with Crippen LogP contribution in [0.25, 0.3) is 0 Å². The number of aromatic nitrogens is 3. The highest BCUT2D eigenvalue weighted by Gasteiger charge is 2.12. The number of carbonyl (C=O) groups is 1. The van der Waals surface area contributed by atoms with E-state index in [-0.39, 0.29) is 11.7 Å². The number of benzene rings is 2. The Morgan fingerprint density at radius 1 is 1.00 bits per heavy atom. The molecule has 7 nitrogen and oxygen atoms in total. The van der Waals surface area contributed by atoms with Crippen LogP contribution in [0.15, 0.2) is 53.7 Å². The number of nitrogens with one attached hydrogen (secondary N) is 1. The van der Waals surface area contributed by atoms with Crippen molar-refractivity contribution in [2.45, 2.75) is 11.6 Å². The average Bonchev–Trinajstić information content (AvgIpc) is 3.07. The summed E-state index contributed by atoms with van der Waals surface area (Å²) >= 11 is 1.35. The summed E-state index contributed by atoms with van der Waals surface area (Å²) in [5.74, 6) is 2.55. The highest BCUT2D eigenvalue weighted by Crippen LogP contribution is 2.20. The maximum Gasteiger partial charge on any atom is 0.234 e. The quantitative estimate of drug-likeness (QED) is 0.587. The largest absolute Gasteiger partial charge is 0.497 e. The summed E-state index contributed by atoms with van der Waals surface area (Å²) in [7, 11) is 5.16. The van der Waals surface area contributed by atoms with Crippen LogP contribution < -0.4 is 14.8 Å². The number of rotatable bonds is 8. The lowest BCUT2D eigenvalue weighted by Gasteiger charge is -2.07. The number of hydrogen-bond acceptors (Lipinski definition) is 6. The van der Waals surface area contributed by atoms with Crippen molar-refractivity contribution in [3.8, 4) is 11.5 Å². The van der Waals surface area contributed by atoms with Gasteiger partial charge in [0.25, 0.3) is 0 Å². The molecule has 1 aromatic heterocycles. The summed E-state index contributed by atoms with van der Waals surface area (Å²) in [6, 6.07) is 15.1. The summed E-state index contributed by atoms with van der Waals surface area (Å²) in [4.78, 5) is 12.2. The second-order valence-electron chi connectivity index (χ2n) is 6.05. The van der Waals surface area contributed by atoms with Crippen LogP contribution in [-0.2, 0) is 18.3 Å². The first kappa shape index (κ1) is 19.8. The van der Waals surface area contributed by atoms with Crippen LogP contribution in [0.3, 0.4) is 0 Å². The second-order valence-corrected chi connectivity index (χ2v) is 6.99. The molecule has 1 amide bonds. The number of nitrogens with zero attached hydrogens (tertiary/aromatic N) is 3. The van der Waals surface area contributed by atoms with Gasteiger partial charge in [0.1, 0.15) is 17.3 Å². The van der Waals surface area contributed by atoms with E-state index >= 15 is 0 Å². The molecule has 0 unspecified atom stereocenters. The standard InChI is InChI=1S/C20H22N4O3S/c1-24-18(12-14-4-8-16(26-2)9-5-14)22-23-20(24)28-13-19(25)21-15-6-10-17(27-3)11-7-15/h4-11H,12-13H2,1-3H3,(H,21,25). The molecule has 0 spiro atoms. The zero-order valence-corrected chi connectivity index (χ0v) is 16.8. The maximum atomic E-state index is 12.2. The van der Waals surface area contributed by atoms with Crippen LogP contribution >= 0.6 is 11.8 Å². The molecule has 0 aliphatic carbocycles. The van der Waals surface area contributed by atoms with Gasteiger partial charge in [0.15, 0.2) is 5.16 Å². The van der Waals surface area contributed by atoms with Crippen LogP contribution in [0.4, 0.5) is 5.69 Å². The number of thioether (sulfide) groups is 1. The van der Waals surface area contributed by atoms with Gasteiger partial charge >= 0.3 is 0 Å². The highest BCUT2D eigenvalue weighted by atomic mass is 32.2. The zero-order valence-electron chi connectivity index (χ0n) is 16.0. The van der Waals surface area contributed by atoms with Gasteiger partial charge in [-0.2, -0.15) is 0 Å². The molecule has 3 rings (SSSR count). The predicted octanol–water partition coefficient (Wildman–Crippen LogP) is 3.15. The van der Waals surface area contributed by atoms with Crippen molar-refractivity contribution in [1.82, 2.24) is 14.8 Å². The van der Waals surface area contributed by atoms with E-state index in [1.807, 2.05) is 35.9 Å². The molecule has 0 bridgehead atoms. The van der Waals surface area contributed by atoms with Crippen molar-refractivity contribution in [2.24, 2.45) is 7.05 Å². The Hall–Kier alpha value is -3.00. The average molecular weight is 398 g/mol. The summed E-state index contributed by atoms with van der Waals surface area (Å²) in [6.45, 7) is 0. The Morgan fingerprint density at radius 2 is 1.61 bits per heavy atom. The smallest absolute Gasteiger partial charge is 0.234 e. The first-order chi connectivity index (χ1) is 13.6. The van der Waals surface area contributed by atoms with Gasteiger partial charge < -0.3 is 19.4 Å². The SMILES string of the molecule is COc1ccc(Cc2nnc(SCC(=O)Nc3ccc(OC)cc3)n2C)cc1. The van der Waals surface area contributed by atoms with E-state index in [4.69, 9.17) is 9.47 Å². The Morgan fingerprint density at radius 3 is 2.21 bits per heavy atom. The number of methoxy groups -OCH3 is 2. The summed E-state index contributed by atoms with van der Waals surface area (Å²) in [5, 5.41) is 12.0. The monoisotopic (exact) mass is 398 g/mol. The second kappa shape index (κ2) is 9.27. The molecule has 0 saturated heterocycles. The lowest BCUT2D eigenvalue weighted by Crippen LogP contribution is -2.14. The Balaban J connectivity index is 1.55. The molecular weight excluding hydrogens is 376 g/mol. The molecular formula is C20H22N4O3S. The molecule has 3 aromatic rings. The van der Waals surface area contributed by atoms with Crippen molar-refractivity contribution >= 4 is 23.4 Å². The molecule has 28 heavy (non-hydrogen) atoms. The zero-order chi connectivity index (χ0) is 19.9. The van der Waals surface area contributed by atoms with E-state index in [2.05, 4.69) is 15.5 Å². The van der Waals surface area contributed by atoms with Crippen LogP contribution in [0.1, 0.15) is 11.4 Å². The lowest BCUT2D eigenvalue weighted by atomic mass is 10.1. The number of ether oxygens (including phenoxy) is 2. The van der Waals surface area contributed by atoms with E-state index in [1.165, 1.54) is 11.8 Å². The number of anilines is 1. The molecule has 0 saturated carbocycles. The van der Waals surface area contributed by atoms with E-state index in [1.54, 1.807) is 38.5 Å². The molecule has 1 heterocycles. The Labute approximate surface area is 168 Å². The third-order valence-corrected chi connectivity index (χ3v) is 5.17. The normalized spacial score (nSPS) is 10.5. The third-order valence-electron chi connectivity index (χ3n) is 4.15. The molecule has 1 N–H and O–H groups in total. The van der Waals surface area contributed by atoms with Gasteiger partial charge in [0, 0.05) is 19.2 Å². The fourth-order valence-corrected chi connectivity index (χ4v) is 3.28. The number of amides is 1. The van der Waals surface area contributed by atoms with Gasteiger partial charge in [-0.1, -0.05) is 23.9 Å². The van der Waals surface area contributed by atoms with Crippen molar-refractivity contribution in [3.05, 3.63) is 59.9 Å².